The lowest BCUT2D eigenvalue weighted by molar-refractivity contribution is -0.185. The number of aromatic nitrogens is 3. The summed E-state index contributed by atoms with van der Waals surface area (Å²) in [5, 5.41) is 16.2. The first-order chi connectivity index (χ1) is 12.0. The van der Waals surface area contributed by atoms with Crippen molar-refractivity contribution in [3.05, 3.63) is 11.9 Å². The quantitative estimate of drug-likeness (QED) is 0.836. The summed E-state index contributed by atoms with van der Waals surface area (Å²) in [7, 11) is 1.83. The summed E-state index contributed by atoms with van der Waals surface area (Å²) in [5.41, 5.74) is -0.0768. The van der Waals surface area contributed by atoms with Crippen molar-refractivity contribution in [1.82, 2.24) is 19.9 Å². The maximum Gasteiger partial charge on any atom is 0.358 e. The monoisotopic (exact) mass is 350 g/mol. The molecule has 0 radical (unpaired) electrons. The second-order valence-corrected chi connectivity index (χ2v) is 7.10. The number of aromatic carboxylic acids is 1. The zero-order valence-corrected chi connectivity index (χ0v) is 14.8. The lowest BCUT2D eigenvalue weighted by Gasteiger charge is -2.60. The molecular weight excluding hydrogens is 324 g/mol. The molecule has 8 nitrogen and oxygen atoms in total. The predicted molar refractivity (Wildman–Crippen MR) is 89.1 cm³/mol. The van der Waals surface area contributed by atoms with Gasteiger partial charge < -0.3 is 14.7 Å². The van der Waals surface area contributed by atoms with E-state index in [4.69, 9.17) is 9.84 Å². The van der Waals surface area contributed by atoms with E-state index in [1.807, 2.05) is 18.9 Å². The van der Waals surface area contributed by atoms with E-state index in [9.17, 15) is 9.59 Å². The van der Waals surface area contributed by atoms with Crippen molar-refractivity contribution >= 4 is 11.9 Å². The summed E-state index contributed by atoms with van der Waals surface area (Å²) in [6, 6.07) is 0.180. The maximum atomic E-state index is 12.7. The molecule has 1 N–H and O–H groups in total. The van der Waals surface area contributed by atoms with E-state index in [0.717, 1.165) is 19.3 Å². The van der Waals surface area contributed by atoms with E-state index >= 15 is 0 Å². The molecule has 2 unspecified atom stereocenters. The molecule has 1 heterocycles. The second-order valence-electron chi connectivity index (χ2n) is 7.10. The van der Waals surface area contributed by atoms with Crippen LogP contribution in [0.1, 0.15) is 55.9 Å². The Morgan fingerprint density at radius 2 is 2.12 bits per heavy atom. The summed E-state index contributed by atoms with van der Waals surface area (Å²) in [6.45, 7) is 2.72. The number of rotatable bonds is 6. The number of carboxylic acids is 1. The number of nitrogens with zero attached hydrogens (tertiary/aromatic N) is 4. The molecule has 1 aromatic rings. The van der Waals surface area contributed by atoms with Crippen molar-refractivity contribution in [3.8, 4) is 0 Å². The fourth-order valence-corrected chi connectivity index (χ4v) is 4.47. The predicted octanol–water partition coefficient (Wildman–Crippen LogP) is 1.56. The molecule has 2 saturated carbocycles. The molecule has 8 heteroatoms. The molecule has 25 heavy (non-hydrogen) atoms. The van der Waals surface area contributed by atoms with Crippen LogP contribution in [-0.2, 0) is 16.1 Å². The van der Waals surface area contributed by atoms with Crippen molar-refractivity contribution in [2.24, 2.45) is 5.41 Å². The SMILES string of the molecule is CCOC1CC(N(C)C(=O)Cn2cc(C(=O)O)nn2)C12CCCCC2. The number of carboxylic acid groups (broad SMARTS) is 1. The molecule has 2 aliphatic rings. The average molecular weight is 350 g/mol. The molecule has 0 saturated heterocycles. The van der Waals surface area contributed by atoms with Crippen LogP contribution >= 0.6 is 0 Å². The summed E-state index contributed by atoms with van der Waals surface area (Å²) >= 11 is 0. The van der Waals surface area contributed by atoms with Crippen LogP contribution in [0.25, 0.3) is 0 Å². The normalized spacial score (nSPS) is 24.7. The van der Waals surface area contributed by atoms with Gasteiger partial charge in [-0.2, -0.15) is 0 Å². The molecule has 3 rings (SSSR count). The zero-order chi connectivity index (χ0) is 18.0. The Kier molecular flexibility index (Phi) is 5.08. The van der Waals surface area contributed by atoms with Gasteiger partial charge in [-0.15, -0.1) is 5.10 Å². The topological polar surface area (TPSA) is 97.5 Å². The molecule has 1 aromatic heterocycles. The minimum Gasteiger partial charge on any atom is -0.476 e. The first-order valence-electron chi connectivity index (χ1n) is 8.98. The standard InChI is InChI=1S/C17H26N4O4/c1-3-25-14-9-13(17(14)7-5-4-6-8-17)20(2)15(22)11-21-10-12(16(23)24)18-19-21/h10,13-14H,3-9,11H2,1-2H3,(H,23,24). The second kappa shape index (κ2) is 7.11. The average Bonchev–Trinajstić information content (AvgIpc) is 3.07. The van der Waals surface area contributed by atoms with Gasteiger partial charge in [0.15, 0.2) is 5.69 Å². The van der Waals surface area contributed by atoms with Crippen LogP contribution in [0.2, 0.25) is 0 Å². The van der Waals surface area contributed by atoms with Gasteiger partial charge in [-0.1, -0.05) is 24.5 Å². The Bertz CT molecular complexity index is 638. The van der Waals surface area contributed by atoms with Crippen LogP contribution in [0.4, 0.5) is 0 Å². The third kappa shape index (κ3) is 3.27. The van der Waals surface area contributed by atoms with E-state index < -0.39 is 5.97 Å². The van der Waals surface area contributed by atoms with Gasteiger partial charge in [0.2, 0.25) is 5.91 Å². The molecule has 1 amide bonds. The summed E-state index contributed by atoms with van der Waals surface area (Å²) in [5.74, 6) is -1.22. The third-order valence-corrected chi connectivity index (χ3v) is 5.81. The highest BCUT2D eigenvalue weighted by Gasteiger charge is 2.57. The van der Waals surface area contributed by atoms with E-state index in [1.54, 1.807) is 0 Å². The minimum absolute atomic E-state index is 0.00264. The fraction of sp³-hybridized carbons (Fsp3) is 0.765. The Morgan fingerprint density at radius 3 is 2.72 bits per heavy atom. The molecule has 0 bridgehead atoms. The number of amides is 1. The number of hydrogen-bond donors (Lipinski definition) is 1. The first kappa shape index (κ1) is 17.8. The van der Waals surface area contributed by atoms with Crippen LogP contribution in [0.3, 0.4) is 0 Å². The summed E-state index contributed by atoms with van der Waals surface area (Å²) in [4.78, 5) is 25.3. The van der Waals surface area contributed by atoms with Crippen molar-refractivity contribution in [2.75, 3.05) is 13.7 Å². The van der Waals surface area contributed by atoms with Crippen LogP contribution in [0.15, 0.2) is 6.20 Å². The zero-order valence-electron chi connectivity index (χ0n) is 14.8. The molecule has 2 aliphatic carbocycles. The fourth-order valence-electron chi connectivity index (χ4n) is 4.47. The Hall–Kier alpha value is -1.96. The van der Waals surface area contributed by atoms with E-state index in [1.165, 1.54) is 30.1 Å². The third-order valence-electron chi connectivity index (χ3n) is 5.81. The van der Waals surface area contributed by atoms with E-state index in [0.29, 0.717) is 6.61 Å². The number of hydrogen-bond acceptors (Lipinski definition) is 5. The van der Waals surface area contributed by atoms with Gasteiger partial charge in [-0.3, -0.25) is 4.79 Å². The van der Waals surface area contributed by atoms with Gasteiger partial charge in [0, 0.05) is 25.1 Å². The minimum atomic E-state index is -1.15. The number of carbonyl (C=O) groups is 2. The maximum absolute atomic E-state index is 12.7. The van der Waals surface area contributed by atoms with Crippen LogP contribution in [-0.4, -0.2) is 62.7 Å². The molecule has 0 aromatic carbocycles. The van der Waals surface area contributed by atoms with Crippen molar-refractivity contribution in [1.29, 1.82) is 0 Å². The molecule has 138 valence electrons. The number of likely N-dealkylation sites (N-methyl/N-ethyl adjacent to an activating group) is 1. The van der Waals surface area contributed by atoms with E-state index in [2.05, 4.69) is 10.3 Å². The molecule has 2 fully saturated rings. The highest BCUT2D eigenvalue weighted by atomic mass is 16.5. The highest BCUT2D eigenvalue weighted by Crippen LogP contribution is 2.55. The lowest BCUT2D eigenvalue weighted by atomic mass is 9.54. The highest BCUT2D eigenvalue weighted by molar-refractivity contribution is 5.84. The van der Waals surface area contributed by atoms with Crippen molar-refractivity contribution in [3.63, 3.8) is 0 Å². The van der Waals surface area contributed by atoms with Crippen molar-refractivity contribution < 1.29 is 19.4 Å². The lowest BCUT2D eigenvalue weighted by Crippen LogP contribution is -2.65. The van der Waals surface area contributed by atoms with Gasteiger partial charge in [0.25, 0.3) is 0 Å². The van der Waals surface area contributed by atoms with E-state index in [-0.39, 0.29) is 35.7 Å². The largest absolute Gasteiger partial charge is 0.476 e. The molecule has 2 atom stereocenters. The summed E-state index contributed by atoms with van der Waals surface area (Å²) in [6.07, 6.45) is 8.23. The van der Waals surface area contributed by atoms with Gasteiger partial charge >= 0.3 is 5.97 Å². The van der Waals surface area contributed by atoms with Crippen LogP contribution in [0.5, 0.6) is 0 Å². The Balaban J connectivity index is 1.67. The Labute approximate surface area is 147 Å². The van der Waals surface area contributed by atoms with Crippen molar-refractivity contribution in [2.45, 2.75) is 64.1 Å². The number of carbonyl (C=O) groups excluding carboxylic acids is 1. The van der Waals surface area contributed by atoms with Gasteiger partial charge in [-0.25, -0.2) is 9.48 Å². The summed E-state index contributed by atoms with van der Waals surface area (Å²) < 4.78 is 7.23. The molecule has 0 aliphatic heterocycles. The smallest absolute Gasteiger partial charge is 0.358 e. The Morgan fingerprint density at radius 1 is 1.40 bits per heavy atom. The van der Waals surface area contributed by atoms with Gasteiger partial charge in [-0.05, 0) is 26.2 Å². The molecular formula is C17H26N4O4. The van der Waals surface area contributed by atoms with Crippen LogP contribution < -0.4 is 0 Å². The number of ether oxygens (including phenoxy) is 1. The molecule has 1 spiro atoms. The first-order valence-corrected chi connectivity index (χ1v) is 8.98. The van der Waals surface area contributed by atoms with Crippen LogP contribution in [0, 0.1) is 5.41 Å². The van der Waals surface area contributed by atoms with Gasteiger partial charge in [0.1, 0.15) is 6.54 Å². The van der Waals surface area contributed by atoms with Gasteiger partial charge in [0.05, 0.1) is 12.3 Å².